The molecule has 94 valence electrons. The monoisotopic (exact) mass is 257 g/mol. The minimum absolute atomic E-state index is 0.0465. The number of nitrogens with two attached hydrogens (primary N) is 1. The number of hydrogen-bond acceptors (Lipinski definition) is 5. The maximum absolute atomic E-state index is 11.2. The number of aromatic nitrogens is 1. The second kappa shape index (κ2) is 6.19. The summed E-state index contributed by atoms with van der Waals surface area (Å²) in [6.45, 7) is 2.34. The number of hydrogen-bond donors (Lipinski definition) is 3. The second-order valence-corrected chi connectivity index (χ2v) is 5.19. The summed E-state index contributed by atoms with van der Waals surface area (Å²) in [7, 11) is -0.844. The Bertz CT molecular complexity index is 437. The van der Waals surface area contributed by atoms with E-state index < -0.39 is 16.8 Å². The Morgan fingerprint density at radius 2 is 2.35 bits per heavy atom. The summed E-state index contributed by atoms with van der Waals surface area (Å²) in [6, 6.07) is 1.34. The van der Waals surface area contributed by atoms with E-state index in [0.29, 0.717) is 23.9 Å². The van der Waals surface area contributed by atoms with E-state index in [1.807, 2.05) is 6.92 Å². The average molecular weight is 257 g/mol. The maximum Gasteiger partial charge on any atom is 0.337 e. The molecule has 0 aliphatic carbocycles. The Morgan fingerprint density at radius 1 is 1.65 bits per heavy atom. The van der Waals surface area contributed by atoms with E-state index in [1.54, 1.807) is 0 Å². The Kier molecular flexibility index (Phi) is 4.89. The minimum Gasteiger partial charge on any atom is -0.478 e. The average Bonchev–Trinajstić information content (AvgIpc) is 2.30. The highest BCUT2D eigenvalue weighted by Crippen LogP contribution is 2.15. The van der Waals surface area contributed by atoms with Gasteiger partial charge in [0.2, 0.25) is 0 Å². The standard InChI is InChI=1S/C10H15N3O3S/c1-2-17(16)4-3-12-9-8(11)5-7(6-13-9)10(14)15/h5-6H,2-4,11H2,1H3,(H,12,13)(H,14,15). The van der Waals surface area contributed by atoms with Crippen molar-refractivity contribution in [1.29, 1.82) is 0 Å². The number of nitrogens with zero attached hydrogens (tertiary/aromatic N) is 1. The molecule has 0 aliphatic heterocycles. The van der Waals surface area contributed by atoms with Crippen molar-refractivity contribution in [2.45, 2.75) is 6.92 Å². The highest BCUT2D eigenvalue weighted by molar-refractivity contribution is 7.84. The number of rotatable bonds is 6. The molecule has 1 aromatic rings. The van der Waals surface area contributed by atoms with Crippen LogP contribution >= 0.6 is 0 Å². The molecule has 0 aromatic carbocycles. The molecular formula is C10H15N3O3S. The Balaban J connectivity index is 2.60. The topological polar surface area (TPSA) is 105 Å². The molecule has 7 heteroatoms. The number of pyridine rings is 1. The number of carboxylic acids is 1. The van der Waals surface area contributed by atoms with Crippen molar-refractivity contribution < 1.29 is 14.1 Å². The molecule has 0 saturated heterocycles. The molecule has 1 rings (SSSR count). The molecule has 4 N–H and O–H groups in total. The molecular weight excluding hydrogens is 242 g/mol. The molecule has 17 heavy (non-hydrogen) atoms. The van der Waals surface area contributed by atoms with Gasteiger partial charge in [0.1, 0.15) is 5.82 Å². The van der Waals surface area contributed by atoms with Crippen molar-refractivity contribution in [2.24, 2.45) is 0 Å². The number of carboxylic acid groups (broad SMARTS) is 1. The summed E-state index contributed by atoms with van der Waals surface area (Å²) in [5.41, 5.74) is 5.96. The maximum atomic E-state index is 11.2. The van der Waals surface area contributed by atoms with Crippen LogP contribution in [0.4, 0.5) is 11.5 Å². The first-order valence-corrected chi connectivity index (χ1v) is 6.61. The highest BCUT2D eigenvalue weighted by atomic mass is 32.2. The van der Waals surface area contributed by atoms with Crippen molar-refractivity contribution in [3.63, 3.8) is 0 Å². The zero-order valence-electron chi connectivity index (χ0n) is 9.47. The predicted octanol–water partition coefficient (Wildman–Crippen LogP) is 0.542. The molecule has 1 atom stereocenters. The molecule has 1 unspecified atom stereocenters. The van der Waals surface area contributed by atoms with E-state index >= 15 is 0 Å². The van der Waals surface area contributed by atoms with E-state index in [4.69, 9.17) is 10.8 Å². The molecule has 1 aromatic heterocycles. The molecule has 0 radical (unpaired) electrons. The van der Waals surface area contributed by atoms with E-state index in [0.717, 1.165) is 0 Å². The predicted molar refractivity (Wildman–Crippen MR) is 67.6 cm³/mol. The third-order valence-electron chi connectivity index (χ3n) is 2.11. The van der Waals surface area contributed by atoms with Gasteiger partial charge in [0.15, 0.2) is 0 Å². The molecule has 1 heterocycles. The van der Waals surface area contributed by atoms with Gasteiger partial charge in [-0.15, -0.1) is 0 Å². The smallest absolute Gasteiger partial charge is 0.337 e. The number of nitrogen functional groups attached to an aromatic ring is 1. The van der Waals surface area contributed by atoms with Gasteiger partial charge in [-0.25, -0.2) is 9.78 Å². The fourth-order valence-corrected chi connectivity index (χ4v) is 1.79. The zero-order valence-corrected chi connectivity index (χ0v) is 10.3. The van der Waals surface area contributed by atoms with E-state index in [2.05, 4.69) is 10.3 Å². The third-order valence-corrected chi connectivity index (χ3v) is 3.41. The van der Waals surface area contributed by atoms with Crippen LogP contribution in [0.2, 0.25) is 0 Å². The zero-order chi connectivity index (χ0) is 12.8. The molecule has 0 aliphatic rings. The van der Waals surface area contributed by atoms with Crippen LogP contribution in [-0.4, -0.2) is 38.3 Å². The van der Waals surface area contributed by atoms with Gasteiger partial charge in [-0.05, 0) is 6.07 Å². The van der Waals surface area contributed by atoms with E-state index in [9.17, 15) is 9.00 Å². The largest absolute Gasteiger partial charge is 0.478 e. The van der Waals surface area contributed by atoms with Crippen LogP contribution in [0.1, 0.15) is 17.3 Å². The van der Waals surface area contributed by atoms with Gasteiger partial charge in [0.05, 0.1) is 11.3 Å². The Morgan fingerprint density at radius 3 is 2.88 bits per heavy atom. The fraction of sp³-hybridized carbons (Fsp3) is 0.400. The van der Waals surface area contributed by atoms with Gasteiger partial charge in [0.25, 0.3) is 0 Å². The summed E-state index contributed by atoms with van der Waals surface area (Å²) in [5.74, 6) is 0.479. The van der Waals surface area contributed by atoms with Gasteiger partial charge in [-0.2, -0.15) is 0 Å². The van der Waals surface area contributed by atoms with Crippen LogP contribution in [0.25, 0.3) is 0 Å². The summed E-state index contributed by atoms with van der Waals surface area (Å²) in [5, 5.41) is 11.6. The van der Waals surface area contributed by atoms with Crippen molar-refractivity contribution in [2.75, 3.05) is 29.1 Å². The lowest BCUT2D eigenvalue weighted by atomic mass is 10.2. The van der Waals surface area contributed by atoms with Crippen LogP contribution in [0, 0.1) is 0 Å². The summed E-state index contributed by atoms with van der Waals surface area (Å²) >= 11 is 0. The molecule has 0 bridgehead atoms. The van der Waals surface area contributed by atoms with Crippen LogP contribution in [-0.2, 0) is 10.8 Å². The number of aromatic carboxylic acids is 1. The summed E-state index contributed by atoms with van der Waals surface area (Å²) < 4.78 is 11.2. The van der Waals surface area contributed by atoms with Gasteiger partial charge in [-0.3, -0.25) is 4.21 Å². The van der Waals surface area contributed by atoms with Gasteiger partial charge in [0, 0.05) is 35.0 Å². The lowest BCUT2D eigenvalue weighted by Crippen LogP contribution is -2.14. The Labute approximate surface area is 102 Å². The lowest BCUT2D eigenvalue weighted by Gasteiger charge is -2.08. The second-order valence-electron chi connectivity index (χ2n) is 3.33. The molecule has 0 fully saturated rings. The highest BCUT2D eigenvalue weighted by Gasteiger charge is 2.07. The molecule has 0 saturated carbocycles. The van der Waals surface area contributed by atoms with Gasteiger partial charge >= 0.3 is 5.97 Å². The van der Waals surface area contributed by atoms with Crippen molar-refractivity contribution >= 4 is 28.3 Å². The first kappa shape index (κ1) is 13.4. The minimum atomic E-state index is -1.07. The van der Waals surface area contributed by atoms with Crippen LogP contribution < -0.4 is 11.1 Å². The third kappa shape index (κ3) is 4.03. The van der Waals surface area contributed by atoms with E-state index in [-0.39, 0.29) is 11.3 Å². The first-order valence-electron chi connectivity index (χ1n) is 5.12. The molecule has 6 nitrogen and oxygen atoms in total. The summed E-state index contributed by atoms with van der Waals surface area (Å²) in [6.07, 6.45) is 1.23. The van der Waals surface area contributed by atoms with Crippen LogP contribution in [0.5, 0.6) is 0 Å². The van der Waals surface area contributed by atoms with Gasteiger partial charge < -0.3 is 16.2 Å². The van der Waals surface area contributed by atoms with Crippen LogP contribution in [0.15, 0.2) is 12.3 Å². The fourth-order valence-electron chi connectivity index (χ4n) is 1.17. The van der Waals surface area contributed by atoms with E-state index in [1.165, 1.54) is 12.3 Å². The van der Waals surface area contributed by atoms with Crippen LogP contribution in [0.3, 0.4) is 0 Å². The molecule has 0 amide bonds. The molecule has 0 spiro atoms. The quantitative estimate of drug-likeness (QED) is 0.687. The number of anilines is 2. The number of nitrogens with one attached hydrogen (secondary N) is 1. The first-order chi connectivity index (χ1) is 8.04. The summed E-state index contributed by atoms with van der Waals surface area (Å²) in [4.78, 5) is 14.6. The normalized spacial score (nSPS) is 12.1. The number of carbonyl (C=O) groups is 1. The van der Waals surface area contributed by atoms with Crippen molar-refractivity contribution in [3.05, 3.63) is 17.8 Å². The van der Waals surface area contributed by atoms with Crippen molar-refractivity contribution in [1.82, 2.24) is 4.98 Å². The van der Waals surface area contributed by atoms with Gasteiger partial charge in [-0.1, -0.05) is 6.92 Å². The van der Waals surface area contributed by atoms with Crippen molar-refractivity contribution in [3.8, 4) is 0 Å². The SMILES string of the molecule is CCS(=O)CCNc1ncc(C(=O)O)cc1N. The lowest BCUT2D eigenvalue weighted by molar-refractivity contribution is 0.0696. The Hall–Kier alpha value is -1.63.